The summed E-state index contributed by atoms with van der Waals surface area (Å²) in [5, 5.41) is 2.85. The molecule has 2 rings (SSSR count). The summed E-state index contributed by atoms with van der Waals surface area (Å²) in [5.74, 6) is -1.52. The SMILES string of the molecule is C[C@@H](CNC(=O)CSc1ccc(F)c(F)c1)c1ccccc1. The first kappa shape index (κ1) is 16.5. The third-order valence-electron chi connectivity index (χ3n) is 3.24. The Morgan fingerprint density at radius 1 is 1.14 bits per heavy atom. The van der Waals surface area contributed by atoms with E-state index in [4.69, 9.17) is 0 Å². The fourth-order valence-electron chi connectivity index (χ4n) is 1.93. The molecule has 1 N–H and O–H groups in total. The van der Waals surface area contributed by atoms with Gasteiger partial charge >= 0.3 is 0 Å². The molecule has 1 amide bonds. The molecule has 0 saturated carbocycles. The molecular formula is C17H17F2NOS. The topological polar surface area (TPSA) is 29.1 Å². The Hall–Kier alpha value is -1.88. The third-order valence-corrected chi connectivity index (χ3v) is 4.23. The molecule has 2 nitrogen and oxygen atoms in total. The van der Waals surface area contributed by atoms with Gasteiger partial charge in [0.2, 0.25) is 5.91 Å². The molecule has 0 saturated heterocycles. The van der Waals surface area contributed by atoms with Crippen molar-refractivity contribution in [3.8, 4) is 0 Å². The Kier molecular flexibility index (Phi) is 5.95. The van der Waals surface area contributed by atoms with E-state index in [-0.39, 0.29) is 17.6 Å². The van der Waals surface area contributed by atoms with Crippen molar-refractivity contribution in [2.24, 2.45) is 0 Å². The maximum atomic E-state index is 13.1. The Balaban J connectivity index is 1.77. The summed E-state index contributed by atoms with van der Waals surface area (Å²) in [4.78, 5) is 12.3. The monoisotopic (exact) mass is 321 g/mol. The van der Waals surface area contributed by atoms with Crippen LogP contribution in [0.25, 0.3) is 0 Å². The molecular weight excluding hydrogens is 304 g/mol. The number of hydrogen-bond acceptors (Lipinski definition) is 2. The number of amides is 1. The van der Waals surface area contributed by atoms with Crippen molar-refractivity contribution in [3.05, 3.63) is 65.7 Å². The van der Waals surface area contributed by atoms with Crippen molar-refractivity contribution < 1.29 is 13.6 Å². The fraction of sp³-hybridized carbons (Fsp3) is 0.235. The van der Waals surface area contributed by atoms with Crippen molar-refractivity contribution >= 4 is 17.7 Å². The second kappa shape index (κ2) is 7.94. The van der Waals surface area contributed by atoms with Crippen LogP contribution in [0.1, 0.15) is 18.4 Å². The van der Waals surface area contributed by atoms with E-state index in [1.807, 2.05) is 37.3 Å². The summed E-state index contributed by atoms with van der Waals surface area (Å²) < 4.78 is 25.9. The second-order valence-corrected chi connectivity index (χ2v) is 6.03. The fourth-order valence-corrected chi connectivity index (χ4v) is 2.68. The van der Waals surface area contributed by atoms with Gasteiger partial charge in [0.15, 0.2) is 11.6 Å². The van der Waals surface area contributed by atoms with E-state index < -0.39 is 11.6 Å². The van der Waals surface area contributed by atoms with E-state index in [9.17, 15) is 13.6 Å². The van der Waals surface area contributed by atoms with E-state index in [2.05, 4.69) is 5.32 Å². The predicted octanol–water partition coefficient (Wildman–Crippen LogP) is 3.98. The lowest BCUT2D eigenvalue weighted by Gasteiger charge is -2.13. The van der Waals surface area contributed by atoms with Crippen LogP contribution in [0, 0.1) is 11.6 Å². The van der Waals surface area contributed by atoms with Crippen LogP contribution in [-0.2, 0) is 4.79 Å². The minimum atomic E-state index is -0.900. The molecule has 0 heterocycles. The molecule has 22 heavy (non-hydrogen) atoms. The van der Waals surface area contributed by atoms with Crippen molar-refractivity contribution in [1.29, 1.82) is 0 Å². The number of benzene rings is 2. The summed E-state index contributed by atoms with van der Waals surface area (Å²) in [5.41, 5.74) is 1.16. The highest BCUT2D eigenvalue weighted by molar-refractivity contribution is 8.00. The zero-order valence-electron chi connectivity index (χ0n) is 12.2. The number of thioether (sulfide) groups is 1. The molecule has 0 radical (unpaired) electrons. The molecule has 116 valence electrons. The van der Waals surface area contributed by atoms with E-state index in [0.29, 0.717) is 11.4 Å². The van der Waals surface area contributed by atoms with Crippen LogP contribution in [0.5, 0.6) is 0 Å². The van der Waals surface area contributed by atoms with E-state index in [1.54, 1.807) is 0 Å². The maximum absolute atomic E-state index is 13.1. The van der Waals surface area contributed by atoms with E-state index in [1.165, 1.54) is 17.8 Å². The van der Waals surface area contributed by atoms with E-state index >= 15 is 0 Å². The molecule has 2 aromatic rings. The highest BCUT2D eigenvalue weighted by Gasteiger charge is 2.09. The summed E-state index contributed by atoms with van der Waals surface area (Å²) >= 11 is 1.18. The van der Waals surface area contributed by atoms with Gasteiger partial charge in [-0.2, -0.15) is 0 Å². The minimum absolute atomic E-state index is 0.127. The normalized spacial score (nSPS) is 12.0. The highest BCUT2D eigenvalue weighted by atomic mass is 32.2. The van der Waals surface area contributed by atoms with Gasteiger partial charge < -0.3 is 5.32 Å². The first-order valence-electron chi connectivity index (χ1n) is 6.95. The molecule has 0 fully saturated rings. The molecule has 0 aliphatic carbocycles. The summed E-state index contributed by atoms with van der Waals surface area (Å²) in [7, 11) is 0. The van der Waals surface area contributed by atoms with Crippen LogP contribution >= 0.6 is 11.8 Å². The summed E-state index contributed by atoms with van der Waals surface area (Å²) in [6.45, 7) is 2.58. The number of hydrogen-bond donors (Lipinski definition) is 1. The molecule has 0 aliphatic heterocycles. The smallest absolute Gasteiger partial charge is 0.230 e. The van der Waals surface area contributed by atoms with Gasteiger partial charge in [-0.25, -0.2) is 8.78 Å². The average Bonchev–Trinajstić information content (AvgIpc) is 2.54. The largest absolute Gasteiger partial charge is 0.355 e. The van der Waals surface area contributed by atoms with Gasteiger partial charge in [0.1, 0.15) is 0 Å². The van der Waals surface area contributed by atoms with Crippen LogP contribution < -0.4 is 5.32 Å². The Morgan fingerprint density at radius 2 is 1.86 bits per heavy atom. The summed E-state index contributed by atoms with van der Waals surface area (Å²) in [6, 6.07) is 13.5. The minimum Gasteiger partial charge on any atom is -0.355 e. The first-order valence-corrected chi connectivity index (χ1v) is 7.94. The van der Waals surface area contributed by atoms with E-state index in [0.717, 1.165) is 17.7 Å². The van der Waals surface area contributed by atoms with Crippen LogP contribution in [0.3, 0.4) is 0 Å². The standard InChI is InChI=1S/C17H17F2NOS/c1-12(13-5-3-2-4-6-13)10-20-17(21)11-22-14-7-8-15(18)16(19)9-14/h2-9,12H,10-11H2,1H3,(H,20,21)/t12-/m0/s1. The Bertz CT molecular complexity index is 634. The van der Waals surface area contributed by atoms with Crippen molar-refractivity contribution in [2.75, 3.05) is 12.3 Å². The lowest BCUT2D eigenvalue weighted by molar-refractivity contribution is -0.118. The van der Waals surface area contributed by atoms with Crippen molar-refractivity contribution in [1.82, 2.24) is 5.32 Å². The molecule has 0 bridgehead atoms. The summed E-state index contributed by atoms with van der Waals surface area (Å²) in [6.07, 6.45) is 0. The molecule has 2 aromatic carbocycles. The Morgan fingerprint density at radius 3 is 2.55 bits per heavy atom. The zero-order valence-corrected chi connectivity index (χ0v) is 13.0. The highest BCUT2D eigenvalue weighted by Crippen LogP contribution is 2.20. The van der Waals surface area contributed by atoms with Gasteiger partial charge in [-0.3, -0.25) is 4.79 Å². The predicted molar refractivity (Wildman–Crippen MR) is 84.9 cm³/mol. The molecule has 0 spiro atoms. The first-order chi connectivity index (χ1) is 10.6. The zero-order chi connectivity index (χ0) is 15.9. The van der Waals surface area contributed by atoms with Crippen LogP contribution in [-0.4, -0.2) is 18.2 Å². The molecule has 0 aromatic heterocycles. The van der Waals surface area contributed by atoms with Gasteiger partial charge in [0.05, 0.1) is 5.75 Å². The molecule has 0 unspecified atom stereocenters. The lowest BCUT2D eigenvalue weighted by Crippen LogP contribution is -2.28. The number of halogens is 2. The van der Waals surface area contributed by atoms with Crippen molar-refractivity contribution in [2.45, 2.75) is 17.7 Å². The quantitative estimate of drug-likeness (QED) is 0.816. The Labute approximate surface area is 132 Å². The third kappa shape index (κ3) is 4.84. The van der Waals surface area contributed by atoms with Gasteiger partial charge in [-0.1, -0.05) is 37.3 Å². The van der Waals surface area contributed by atoms with Gasteiger partial charge in [0, 0.05) is 11.4 Å². The number of carbonyl (C=O) groups excluding carboxylic acids is 1. The van der Waals surface area contributed by atoms with Gasteiger partial charge in [0.25, 0.3) is 0 Å². The number of nitrogens with one attached hydrogen (secondary N) is 1. The van der Waals surface area contributed by atoms with Crippen LogP contribution in [0.4, 0.5) is 8.78 Å². The lowest BCUT2D eigenvalue weighted by atomic mass is 10.0. The molecule has 1 atom stereocenters. The van der Waals surface area contributed by atoms with Crippen LogP contribution in [0.15, 0.2) is 53.4 Å². The molecule has 5 heteroatoms. The molecule has 0 aliphatic rings. The second-order valence-electron chi connectivity index (χ2n) is 4.98. The average molecular weight is 321 g/mol. The van der Waals surface area contributed by atoms with Crippen molar-refractivity contribution in [3.63, 3.8) is 0 Å². The maximum Gasteiger partial charge on any atom is 0.230 e. The number of carbonyl (C=O) groups is 1. The van der Waals surface area contributed by atoms with Crippen LogP contribution in [0.2, 0.25) is 0 Å². The van der Waals surface area contributed by atoms with Gasteiger partial charge in [-0.05, 0) is 29.7 Å². The number of rotatable bonds is 6. The van der Waals surface area contributed by atoms with Gasteiger partial charge in [-0.15, -0.1) is 11.8 Å².